The first-order valence-corrected chi connectivity index (χ1v) is 7.13. The predicted molar refractivity (Wildman–Crippen MR) is 83.8 cm³/mol. The van der Waals surface area contributed by atoms with Gasteiger partial charge in [-0.3, -0.25) is 4.79 Å². The van der Waals surface area contributed by atoms with E-state index in [4.69, 9.17) is 16.3 Å². The Hall–Kier alpha value is -2.07. The number of benzene rings is 1. The highest BCUT2D eigenvalue weighted by Gasteiger charge is 2.04. The second-order valence-electron chi connectivity index (χ2n) is 4.65. The van der Waals surface area contributed by atoms with Crippen LogP contribution in [0.15, 0.2) is 42.6 Å². The molecule has 1 aromatic carbocycles. The van der Waals surface area contributed by atoms with Gasteiger partial charge in [0.1, 0.15) is 11.6 Å². The van der Waals surface area contributed by atoms with Gasteiger partial charge in [-0.2, -0.15) is 0 Å². The van der Waals surface area contributed by atoms with E-state index >= 15 is 0 Å². The van der Waals surface area contributed by atoms with Crippen molar-refractivity contribution in [2.45, 2.75) is 19.8 Å². The summed E-state index contributed by atoms with van der Waals surface area (Å²) in [5, 5.41) is 3.32. The fourth-order valence-electron chi connectivity index (χ4n) is 1.72. The minimum Gasteiger partial charge on any atom is -0.492 e. The van der Waals surface area contributed by atoms with Gasteiger partial charge in [-0.15, -0.1) is 0 Å². The molecule has 0 aliphatic rings. The largest absolute Gasteiger partial charge is 0.492 e. The van der Waals surface area contributed by atoms with E-state index in [-0.39, 0.29) is 5.91 Å². The lowest BCUT2D eigenvalue weighted by molar-refractivity contribution is -0.116. The zero-order valence-electron chi connectivity index (χ0n) is 11.8. The van der Waals surface area contributed by atoms with Crippen LogP contribution < -0.4 is 10.1 Å². The lowest BCUT2D eigenvalue weighted by Gasteiger charge is -2.08. The number of halogens is 1. The molecular weight excluding hydrogens is 288 g/mol. The Bertz CT molecular complexity index is 599. The van der Waals surface area contributed by atoms with Crippen LogP contribution in [0.4, 0.5) is 5.82 Å². The Balaban J connectivity index is 1.70. The summed E-state index contributed by atoms with van der Waals surface area (Å²) >= 11 is 5.97. The van der Waals surface area contributed by atoms with Crippen molar-refractivity contribution < 1.29 is 9.53 Å². The molecule has 110 valence electrons. The monoisotopic (exact) mass is 304 g/mol. The molecule has 21 heavy (non-hydrogen) atoms. The van der Waals surface area contributed by atoms with Crippen molar-refractivity contribution in [3.63, 3.8) is 0 Å². The number of carbonyl (C=O) groups excluding carboxylic acids is 1. The Morgan fingerprint density at radius 3 is 2.81 bits per heavy atom. The molecule has 2 aromatic rings. The summed E-state index contributed by atoms with van der Waals surface area (Å²) in [6, 6.07) is 11.0. The number of carbonyl (C=O) groups is 1. The fourth-order valence-corrected chi connectivity index (χ4v) is 1.91. The molecule has 0 radical (unpaired) electrons. The molecule has 2 rings (SSSR count). The average molecular weight is 305 g/mol. The van der Waals surface area contributed by atoms with Crippen molar-refractivity contribution in [1.29, 1.82) is 0 Å². The predicted octanol–water partition coefficient (Wildman–Crippen LogP) is 3.84. The van der Waals surface area contributed by atoms with Crippen LogP contribution in [-0.4, -0.2) is 17.5 Å². The van der Waals surface area contributed by atoms with Crippen LogP contribution in [0.1, 0.15) is 18.4 Å². The second-order valence-corrected chi connectivity index (χ2v) is 5.06. The molecule has 1 aromatic heterocycles. The van der Waals surface area contributed by atoms with Crippen molar-refractivity contribution in [1.82, 2.24) is 4.98 Å². The van der Waals surface area contributed by atoms with Gasteiger partial charge in [-0.05, 0) is 37.1 Å². The summed E-state index contributed by atoms with van der Waals surface area (Å²) in [6.07, 6.45) is 2.71. The normalized spacial score (nSPS) is 10.2. The highest BCUT2D eigenvalue weighted by atomic mass is 35.5. The van der Waals surface area contributed by atoms with E-state index in [0.717, 1.165) is 5.56 Å². The third-order valence-electron chi connectivity index (χ3n) is 2.82. The number of anilines is 1. The van der Waals surface area contributed by atoms with Gasteiger partial charge >= 0.3 is 0 Å². The van der Waals surface area contributed by atoms with Crippen molar-refractivity contribution in [3.8, 4) is 5.75 Å². The van der Waals surface area contributed by atoms with Crippen LogP contribution in [0.3, 0.4) is 0 Å². The van der Waals surface area contributed by atoms with Gasteiger partial charge in [0.05, 0.1) is 11.6 Å². The molecule has 0 saturated heterocycles. The summed E-state index contributed by atoms with van der Waals surface area (Å²) < 4.78 is 5.53. The van der Waals surface area contributed by atoms with Crippen LogP contribution in [0, 0.1) is 6.92 Å². The van der Waals surface area contributed by atoms with Gasteiger partial charge < -0.3 is 10.1 Å². The third-order valence-corrected chi connectivity index (χ3v) is 3.13. The molecule has 1 heterocycles. The highest BCUT2D eigenvalue weighted by Crippen LogP contribution is 2.23. The van der Waals surface area contributed by atoms with Crippen LogP contribution in [0.2, 0.25) is 5.02 Å². The number of amides is 1. The minimum atomic E-state index is -0.0749. The van der Waals surface area contributed by atoms with E-state index in [9.17, 15) is 4.79 Å². The summed E-state index contributed by atoms with van der Waals surface area (Å²) in [4.78, 5) is 15.9. The van der Waals surface area contributed by atoms with Crippen molar-refractivity contribution in [3.05, 3.63) is 53.2 Å². The summed E-state index contributed by atoms with van der Waals surface area (Å²) in [5.74, 6) is 1.13. The van der Waals surface area contributed by atoms with Crippen LogP contribution in [-0.2, 0) is 4.79 Å². The molecule has 4 nitrogen and oxygen atoms in total. The zero-order chi connectivity index (χ0) is 15.1. The smallest absolute Gasteiger partial charge is 0.225 e. The van der Waals surface area contributed by atoms with E-state index in [0.29, 0.717) is 36.0 Å². The molecule has 1 amide bonds. The molecule has 0 aliphatic heterocycles. The van der Waals surface area contributed by atoms with Gasteiger partial charge in [-0.1, -0.05) is 29.8 Å². The van der Waals surface area contributed by atoms with Gasteiger partial charge in [0.25, 0.3) is 0 Å². The Kier molecular flexibility index (Phi) is 5.58. The van der Waals surface area contributed by atoms with Crippen LogP contribution in [0.5, 0.6) is 5.75 Å². The van der Waals surface area contributed by atoms with E-state index in [1.807, 2.05) is 25.1 Å². The summed E-state index contributed by atoms with van der Waals surface area (Å²) in [7, 11) is 0. The lowest BCUT2D eigenvalue weighted by atomic mass is 10.3. The quantitative estimate of drug-likeness (QED) is 0.825. The molecule has 5 heteroatoms. The van der Waals surface area contributed by atoms with Crippen LogP contribution >= 0.6 is 11.6 Å². The number of aromatic nitrogens is 1. The average Bonchev–Trinajstić information content (AvgIpc) is 2.48. The van der Waals surface area contributed by atoms with Gasteiger partial charge in [0, 0.05) is 12.6 Å². The number of pyridine rings is 1. The number of rotatable bonds is 6. The van der Waals surface area contributed by atoms with E-state index in [1.165, 1.54) is 0 Å². The van der Waals surface area contributed by atoms with E-state index in [1.54, 1.807) is 24.4 Å². The first-order valence-electron chi connectivity index (χ1n) is 6.75. The molecule has 0 aliphatic carbocycles. The van der Waals surface area contributed by atoms with Crippen LogP contribution in [0.25, 0.3) is 0 Å². The fraction of sp³-hybridized carbons (Fsp3) is 0.250. The maximum Gasteiger partial charge on any atom is 0.225 e. The van der Waals surface area contributed by atoms with Gasteiger partial charge in [-0.25, -0.2) is 4.98 Å². The number of hydrogen-bond donors (Lipinski definition) is 1. The Morgan fingerprint density at radius 1 is 1.29 bits per heavy atom. The van der Waals surface area contributed by atoms with Gasteiger partial charge in [0.2, 0.25) is 5.91 Å². The number of nitrogens with zero attached hydrogens (tertiary/aromatic N) is 1. The molecule has 0 fully saturated rings. The molecule has 0 bridgehead atoms. The number of para-hydroxylation sites is 1. The summed E-state index contributed by atoms with van der Waals surface area (Å²) in [6.45, 7) is 2.39. The SMILES string of the molecule is Cc1ccc(NC(=O)CCCOc2ccccc2Cl)nc1. The van der Waals surface area contributed by atoms with Gasteiger partial charge in [0.15, 0.2) is 0 Å². The standard InChI is InChI=1S/C16H17ClN2O2/c1-12-8-9-15(18-11-12)19-16(20)7-4-10-21-14-6-3-2-5-13(14)17/h2-3,5-6,8-9,11H,4,7,10H2,1H3,(H,18,19,20). The van der Waals surface area contributed by atoms with E-state index in [2.05, 4.69) is 10.3 Å². The number of hydrogen-bond acceptors (Lipinski definition) is 3. The maximum atomic E-state index is 11.7. The Labute approximate surface area is 129 Å². The Morgan fingerprint density at radius 2 is 2.10 bits per heavy atom. The minimum absolute atomic E-state index is 0.0749. The molecule has 0 saturated carbocycles. The first-order chi connectivity index (χ1) is 10.1. The third kappa shape index (κ3) is 5.08. The second kappa shape index (κ2) is 7.64. The first kappa shape index (κ1) is 15.3. The lowest BCUT2D eigenvalue weighted by Crippen LogP contribution is -2.13. The zero-order valence-corrected chi connectivity index (χ0v) is 12.6. The van der Waals surface area contributed by atoms with Crippen molar-refractivity contribution in [2.24, 2.45) is 0 Å². The molecule has 0 unspecified atom stereocenters. The number of aryl methyl sites for hydroxylation is 1. The molecule has 1 N–H and O–H groups in total. The molecule has 0 atom stereocenters. The maximum absolute atomic E-state index is 11.7. The van der Waals surface area contributed by atoms with Crippen molar-refractivity contribution in [2.75, 3.05) is 11.9 Å². The molecule has 0 spiro atoms. The highest BCUT2D eigenvalue weighted by molar-refractivity contribution is 6.32. The van der Waals surface area contributed by atoms with E-state index < -0.39 is 0 Å². The topological polar surface area (TPSA) is 51.2 Å². The number of ether oxygens (including phenoxy) is 1. The molecular formula is C16H17ClN2O2. The summed E-state index contributed by atoms with van der Waals surface area (Å²) in [5.41, 5.74) is 1.06. The number of nitrogens with one attached hydrogen (secondary N) is 1. The van der Waals surface area contributed by atoms with Crippen molar-refractivity contribution >= 4 is 23.3 Å².